The Hall–Kier alpha value is -4.14. The van der Waals surface area contributed by atoms with Crippen molar-refractivity contribution < 1.29 is 41.7 Å². The fourth-order valence-corrected chi connectivity index (χ4v) is 5.93. The fourth-order valence-electron chi connectivity index (χ4n) is 5.29. The van der Waals surface area contributed by atoms with Gasteiger partial charge in [0.2, 0.25) is 12.3 Å². The number of methoxy groups -OCH3 is 1. The minimum absolute atomic E-state index is 0.000863. The number of fused-ring (bicyclic) bond motifs is 1. The summed E-state index contributed by atoms with van der Waals surface area (Å²) in [6.07, 6.45) is 3.21. The average Bonchev–Trinajstić information content (AvgIpc) is 3.81. The first-order valence-corrected chi connectivity index (χ1v) is 14.7. The monoisotopic (exact) mass is 701 g/mol. The zero-order chi connectivity index (χ0) is 35.2. The Bertz CT molecular complexity index is 1680. The quantitative estimate of drug-likeness (QED) is 0.0596. The predicted octanol–water partition coefficient (Wildman–Crippen LogP) is 5.15. The highest BCUT2D eigenvalue weighted by Gasteiger charge is 2.48. The van der Waals surface area contributed by atoms with Crippen LogP contribution in [0.2, 0.25) is 10.0 Å². The number of amides is 2. The predicted molar refractivity (Wildman–Crippen MR) is 170 cm³/mol. The molecule has 10 nitrogen and oxygen atoms in total. The van der Waals surface area contributed by atoms with Gasteiger partial charge in [0, 0.05) is 42.0 Å². The van der Waals surface area contributed by atoms with Crippen molar-refractivity contribution in [3.05, 3.63) is 68.3 Å². The van der Waals surface area contributed by atoms with Crippen LogP contribution >= 0.6 is 23.2 Å². The molecule has 1 aliphatic heterocycles. The molecule has 2 aliphatic rings. The Morgan fingerprint density at radius 3 is 2.40 bits per heavy atom. The molecular weight excluding hydrogens is 669 g/mol. The number of pyridine rings is 1. The van der Waals surface area contributed by atoms with Gasteiger partial charge in [-0.25, -0.2) is 18.8 Å². The summed E-state index contributed by atoms with van der Waals surface area (Å²) >= 11 is 13.0. The number of ether oxygens (including phenoxy) is 2. The van der Waals surface area contributed by atoms with Crippen molar-refractivity contribution in [1.82, 2.24) is 4.98 Å². The summed E-state index contributed by atoms with van der Waals surface area (Å²) in [5.74, 6) is -2.54. The van der Waals surface area contributed by atoms with E-state index in [1.807, 2.05) is 0 Å². The highest BCUT2D eigenvalue weighted by Crippen LogP contribution is 2.53. The number of aromatic nitrogens is 1. The second-order valence-corrected chi connectivity index (χ2v) is 11.5. The van der Waals surface area contributed by atoms with Gasteiger partial charge in [-0.3, -0.25) is 9.59 Å². The van der Waals surface area contributed by atoms with Gasteiger partial charge in [-0.1, -0.05) is 23.2 Å². The van der Waals surface area contributed by atoms with Crippen molar-refractivity contribution in [2.75, 3.05) is 26.6 Å². The zero-order valence-corrected chi connectivity index (χ0v) is 27.0. The minimum atomic E-state index is -2.92. The van der Waals surface area contributed by atoms with E-state index < -0.39 is 29.5 Å². The van der Waals surface area contributed by atoms with E-state index in [4.69, 9.17) is 59.0 Å². The number of aliphatic hydroxyl groups is 1. The van der Waals surface area contributed by atoms with Crippen LogP contribution in [0.3, 0.4) is 0 Å². The molecule has 47 heavy (non-hydrogen) atoms. The molecule has 16 heteroatoms. The van der Waals surface area contributed by atoms with E-state index in [1.54, 1.807) is 19.1 Å². The van der Waals surface area contributed by atoms with Gasteiger partial charge < -0.3 is 31.8 Å². The van der Waals surface area contributed by atoms with E-state index in [0.29, 0.717) is 23.7 Å². The third-order valence-electron chi connectivity index (χ3n) is 7.76. The summed E-state index contributed by atoms with van der Waals surface area (Å²) in [7, 11) is 2.40. The second kappa shape index (κ2) is 15.6. The third kappa shape index (κ3) is 7.88. The smallest absolute Gasteiger partial charge is 0.331 e. The Kier molecular flexibility index (Phi) is 12.4. The van der Waals surface area contributed by atoms with Gasteiger partial charge in [0.1, 0.15) is 35.1 Å². The number of anilines is 1. The van der Waals surface area contributed by atoms with E-state index in [-0.39, 0.29) is 74.5 Å². The largest absolute Gasteiger partial charge is 0.495 e. The number of benzene rings is 2. The normalized spacial score (nSPS) is 17.2. The van der Waals surface area contributed by atoms with Crippen LogP contribution < -0.4 is 26.7 Å². The molecule has 7 N–H and O–H groups in total. The molecule has 2 amide bonds. The molecule has 3 aromatic rings. The first-order chi connectivity index (χ1) is 22.3. The fraction of sp³-hybridized carbons (Fsp3) is 0.355. The zero-order valence-electron chi connectivity index (χ0n) is 25.5. The summed E-state index contributed by atoms with van der Waals surface area (Å²) < 4.78 is 66.1. The van der Waals surface area contributed by atoms with E-state index in [0.717, 1.165) is 32.2 Å². The van der Waals surface area contributed by atoms with Gasteiger partial charge in [-0.05, 0) is 55.9 Å². The number of hydrogen-bond acceptors (Lipinski definition) is 8. The van der Waals surface area contributed by atoms with Crippen LogP contribution in [-0.4, -0.2) is 56.0 Å². The maximum Gasteiger partial charge on any atom is 0.331 e. The van der Waals surface area contributed by atoms with Crippen LogP contribution in [-0.2, 0) is 21.4 Å². The lowest BCUT2D eigenvalue weighted by Crippen LogP contribution is -2.40. The number of carbonyl (C=O) groups excluding carboxylic acids is 2. The lowest BCUT2D eigenvalue weighted by Gasteiger charge is -2.25. The summed E-state index contributed by atoms with van der Waals surface area (Å²) in [5.41, 5.74) is 16.2. The lowest BCUT2D eigenvalue weighted by molar-refractivity contribution is -0.123. The molecule has 2 aromatic carbocycles. The molecule has 0 bridgehead atoms. The number of nitrogens with two attached hydrogens (primary N) is 3. The van der Waals surface area contributed by atoms with Crippen LogP contribution in [0.1, 0.15) is 48.1 Å². The van der Waals surface area contributed by atoms with E-state index in [9.17, 15) is 18.0 Å². The number of aliphatic imine (C=N–C) groups is 1. The standard InChI is InChI=1S/C29H26Cl2F4N4O3.CH3NO.CH4O/c1-29(27(37)40)11-42-26-21(29)22(31)24(39-25(26)16-8-17(30)19(33)9-18(16)32)15(13-3-4-13)6-12-5-14(10-38-28(34)35)23(36)20(7-12)41-2;2-1-3;1-2/h5,7-10,13,15,28H,3-4,6,11,36H2,1-2H3,(H2,37,40);1H,(H2,2,3);2H,1H3/b38-10+;;/t15?,29-;;/m0../s1. The summed E-state index contributed by atoms with van der Waals surface area (Å²) in [6.45, 7) is -1.52. The summed E-state index contributed by atoms with van der Waals surface area (Å²) in [5, 5.41) is 6.81. The number of carbonyl (C=O) groups is 2. The van der Waals surface area contributed by atoms with Crippen molar-refractivity contribution in [2.24, 2.45) is 22.4 Å². The Labute approximate surface area is 277 Å². The number of nitrogens with zero attached hydrogens (tertiary/aromatic N) is 2. The molecule has 2 heterocycles. The maximum absolute atomic E-state index is 15.2. The third-order valence-corrected chi connectivity index (χ3v) is 8.43. The average molecular weight is 703 g/mol. The van der Waals surface area contributed by atoms with Crippen molar-refractivity contribution in [1.29, 1.82) is 0 Å². The molecule has 1 saturated carbocycles. The van der Waals surface area contributed by atoms with Crippen molar-refractivity contribution in [3.63, 3.8) is 0 Å². The van der Waals surface area contributed by atoms with Crippen LogP contribution in [0.15, 0.2) is 29.3 Å². The summed E-state index contributed by atoms with van der Waals surface area (Å²) in [6, 6.07) is 5.05. The van der Waals surface area contributed by atoms with Crippen molar-refractivity contribution >= 4 is 47.4 Å². The molecule has 2 atom stereocenters. The SMILES string of the molecule is CO.COc1cc(CC(c2nc(-c3cc(Cl)c(F)cc3F)c3c(c2Cl)[C@@](C)(C(N)=O)CO3)C2CC2)cc(/C=N/C(F)F)c1N.NC=O. The maximum atomic E-state index is 15.2. The number of nitrogen functional groups attached to an aromatic ring is 1. The first kappa shape index (κ1) is 37.3. The van der Waals surface area contributed by atoms with E-state index in [1.165, 1.54) is 7.11 Å². The molecule has 0 spiro atoms. The molecule has 1 unspecified atom stereocenters. The summed E-state index contributed by atoms with van der Waals surface area (Å²) in [4.78, 5) is 29.1. The molecule has 1 aliphatic carbocycles. The molecule has 5 rings (SSSR count). The molecular formula is C31H33Cl2F4N5O5. The number of halogens is 6. The Morgan fingerprint density at radius 1 is 1.21 bits per heavy atom. The van der Waals surface area contributed by atoms with E-state index >= 15 is 4.39 Å². The number of hydrogen-bond donors (Lipinski definition) is 4. The van der Waals surface area contributed by atoms with Crippen LogP contribution in [0, 0.1) is 17.6 Å². The van der Waals surface area contributed by atoms with Crippen LogP contribution in [0.5, 0.6) is 11.5 Å². The Morgan fingerprint density at radius 2 is 1.85 bits per heavy atom. The van der Waals surface area contributed by atoms with Crippen molar-refractivity contribution in [2.45, 2.75) is 44.1 Å². The van der Waals surface area contributed by atoms with Crippen molar-refractivity contribution in [3.8, 4) is 22.8 Å². The highest BCUT2D eigenvalue weighted by molar-refractivity contribution is 6.33. The van der Waals surface area contributed by atoms with Gasteiger partial charge in [0.25, 0.3) is 0 Å². The lowest BCUT2D eigenvalue weighted by atomic mass is 9.81. The van der Waals surface area contributed by atoms with Crippen LogP contribution in [0.4, 0.5) is 23.2 Å². The highest BCUT2D eigenvalue weighted by atomic mass is 35.5. The molecule has 0 saturated heterocycles. The van der Waals surface area contributed by atoms with Gasteiger partial charge in [-0.15, -0.1) is 0 Å². The number of aliphatic hydroxyl groups excluding tert-OH is 1. The second-order valence-electron chi connectivity index (χ2n) is 10.7. The van der Waals surface area contributed by atoms with E-state index in [2.05, 4.69) is 10.7 Å². The Balaban J connectivity index is 0.00000114. The topological polar surface area (TPSA) is 176 Å². The minimum Gasteiger partial charge on any atom is -0.495 e. The first-order valence-electron chi connectivity index (χ1n) is 14.0. The molecule has 254 valence electrons. The van der Waals surface area contributed by atoms with Gasteiger partial charge >= 0.3 is 6.55 Å². The van der Waals surface area contributed by atoms with Gasteiger partial charge in [0.15, 0.2) is 5.75 Å². The molecule has 1 aromatic heterocycles. The van der Waals surface area contributed by atoms with Crippen LogP contribution in [0.25, 0.3) is 11.3 Å². The number of rotatable bonds is 9. The van der Waals surface area contributed by atoms with Gasteiger partial charge in [-0.2, -0.15) is 8.78 Å². The number of alkyl halides is 2. The number of primary amides is 2. The van der Waals surface area contributed by atoms with Gasteiger partial charge in [0.05, 0.1) is 28.5 Å². The molecule has 0 radical (unpaired) electrons. The molecule has 1 fully saturated rings.